The van der Waals surface area contributed by atoms with Gasteiger partial charge in [0, 0.05) is 137 Å². The van der Waals surface area contributed by atoms with Crippen LogP contribution in [0.25, 0.3) is 137 Å². The van der Waals surface area contributed by atoms with Gasteiger partial charge in [0.1, 0.15) is 0 Å². The van der Waals surface area contributed by atoms with Crippen LogP contribution in [0, 0.1) is 23.7 Å². The number of aryl methyl sites for hydroxylation is 8. The van der Waals surface area contributed by atoms with Gasteiger partial charge in [-0.15, -0.1) is 181 Å². The van der Waals surface area contributed by atoms with E-state index in [1.54, 1.807) is 22.3 Å². The van der Waals surface area contributed by atoms with Crippen molar-refractivity contribution in [2.45, 2.75) is 415 Å². The summed E-state index contributed by atoms with van der Waals surface area (Å²) in [6, 6.07) is 59.1. The molecule has 0 nitrogen and oxygen atoms in total. The van der Waals surface area contributed by atoms with Gasteiger partial charge in [-0.2, -0.15) is 0 Å². The van der Waals surface area contributed by atoms with Crippen molar-refractivity contribution in [1.29, 1.82) is 0 Å². The summed E-state index contributed by atoms with van der Waals surface area (Å²) >= 11 is 31.9. The molecule has 0 radical (unpaired) electrons. The third-order valence-corrected chi connectivity index (χ3v) is 49.4. The normalized spacial score (nSPS) is 11.7. The molecule has 16 aromatic rings. The van der Waals surface area contributed by atoms with Gasteiger partial charge in [-0.05, 0) is 327 Å². The molecule has 0 aromatic carbocycles. The summed E-state index contributed by atoms with van der Waals surface area (Å²) in [6.45, 7) is 18.6. The lowest BCUT2D eigenvalue weighted by molar-refractivity contribution is 0.608. The topological polar surface area (TPSA) is 0 Å². The molecular formula is C132H162S16. The van der Waals surface area contributed by atoms with E-state index in [4.69, 9.17) is 0 Å². The number of thiophene rings is 16. The quantitative estimate of drug-likeness (QED) is 0.0263. The third-order valence-electron chi connectivity index (χ3n) is 29.3. The smallest absolute Gasteiger partial charge is 0.0788 e. The van der Waals surface area contributed by atoms with Crippen LogP contribution in [-0.2, 0) is 51.4 Å². The molecule has 16 heterocycles. The lowest BCUT2D eigenvalue weighted by atomic mass is 10.0. The Kier molecular flexibility index (Phi) is 48.8. The first-order chi connectivity index (χ1) is 73.1. The molecule has 148 heavy (non-hydrogen) atoms. The van der Waals surface area contributed by atoms with Gasteiger partial charge in [0.15, 0.2) is 0 Å². The molecule has 0 unspecified atom stereocenters. The lowest BCUT2D eigenvalue weighted by Gasteiger charge is -2.03. The van der Waals surface area contributed by atoms with Gasteiger partial charge in [-0.3, -0.25) is 0 Å². The van der Waals surface area contributed by atoms with Gasteiger partial charge in [-0.25, -0.2) is 0 Å². The van der Waals surface area contributed by atoms with Gasteiger partial charge in [0.2, 0.25) is 0 Å². The molecule has 0 bridgehead atoms. The van der Waals surface area contributed by atoms with Crippen LogP contribution in [-0.4, -0.2) is 0 Å². The predicted molar refractivity (Wildman–Crippen MR) is 685 cm³/mol. The average Bonchev–Trinajstić information content (AvgIpc) is 1.63. The van der Waals surface area contributed by atoms with Crippen molar-refractivity contribution in [3.8, 4) is 160 Å². The summed E-state index contributed by atoms with van der Waals surface area (Å²) < 4.78 is 0. The maximum Gasteiger partial charge on any atom is 0.0788 e. The minimum absolute atomic E-state index is 1.08. The van der Waals surface area contributed by atoms with Crippen LogP contribution < -0.4 is 0 Å². The summed E-state index contributed by atoms with van der Waals surface area (Å²) in [4.78, 5) is 42.1. The Labute approximate surface area is 956 Å². The molecule has 0 aliphatic carbocycles. The van der Waals surface area contributed by atoms with Crippen LogP contribution in [0.1, 0.15) is 418 Å². The van der Waals surface area contributed by atoms with Crippen LogP contribution in [0.4, 0.5) is 0 Å². The highest BCUT2D eigenvalue weighted by Crippen LogP contribution is 2.56. The van der Waals surface area contributed by atoms with Gasteiger partial charge in [0.05, 0.1) is 9.75 Å². The van der Waals surface area contributed by atoms with Gasteiger partial charge in [0.25, 0.3) is 0 Å². The molecule has 0 spiro atoms. The van der Waals surface area contributed by atoms with Crippen molar-refractivity contribution in [3.63, 3.8) is 0 Å². The van der Waals surface area contributed by atoms with Crippen molar-refractivity contribution in [3.05, 3.63) is 211 Å². The molecule has 0 atom stereocenters. The third kappa shape index (κ3) is 33.5. The molecule has 0 amide bonds. The fourth-order valence-corrected chi connectivity index (χ4v) is 39.4. The van der Waals surface area contributed by atoms with E-state index in [9.17, 15) is 0 Å². The SMILES string of the molecule is CCCCCCCCc1ccsc1-c1ccc(-c2ccc(-c3sc(-c4cc(CCCCCCCC)c(-c5ccc(-c6ccc(-c7sc(C#CC#Cc8cc(CCCCCCCC)c(-c9ccc(-c%10ccc(-c%11sc(-c%12cc(CCCCCCCC)c(-c%13ccc(-c%14ccc(-c%15sccc%15CCCCCCCC)s%14)s%13)s%12)cc%11CCCCCCCC)s%10)s9)s8)cc7CCCCCCCC)s6)s5)s4)cc3CCCCCCCC)s2)s1. The Hall–Kier alpha value is -5.68. The van der Waals surface area contributed by atoms with Gasteiger partial charge >= 0.3 is 0 Å². The number of unbranched alkanes of at least 4 members (excludes halogenated alkanes) is 40. The van der Waals surface area contributed by atoms with E-state index in [0.717, 1.165) is 48.3 Å². The first-order valence-corrected chi connectivity index (χ1v) is 71.0. The monoisotopic (exact) mass is 2260 g/mol. The highest BCUT2D eigenvalue weighted by molar-refractivity contribution is 7.34. The molecule has 0 saturated heterocycles. The maximum absolute atomic E-state index is 3.65. The summed E-state index contributed by atoms with van der Waals surface area (Å²) in [7, 11) is 0. The molecule has 0 saturated carbocycles. The van der Waals surface area contributed by atoms with Gasteiger partial charge < -0.3 is 0 Å². The molecule has 16 aromatic heterocycles. The molecule has 0 N–H and O–H groups in total. The second-order valence-corrected chi connectivity index (χ2v) is 58.1. The molecule has 0 fully saturated rings. The molecular weight excluding hydrogens is 2100 g/mol. The molecule has 786 valence electrons. The van der Waals surface area contributed by atoms with Crippen molar-refractivity contribution >= 4 is 181 Å². The van der Waals surface area contributed by atoms with Crippen molar-refractivity contribution in [2.75, 3.05) is 0 Å². The highest BCUT2D eigenvalue weighted by atomic mass is 32.2. The fourth-order valence-electron chi connectivity index (χ4n) is 20.7. The minimum atomic E-state index is 1.08. The largest absolute Gasteiger partial charge is 0.143 e. The lowest BCUT2D eigenvalue weighted by Crippen LogP contribution is -1.86. The van der Waals surface area contributed by atoms with E-state index in [-0.39, 0.29) is 0 Å². The van der Waals surface area contributed by atoms with Crippen LogP contribution in [0.2, 0.25) is 0 Å². The van der Waals surface area contributed by atoms with E-state index >= 15 is 0 Å². The summed E-state index contributed by atoms with van der Waals surface area (Å²) in [5.41, 5.74) is 12.1. The Morgan fingerprint density at radius 3 is 0.507 bits per heavy atom. The van der Waals surface area contributed by atoms with Gasteiger partial charge in [-0.1, -0.05) is 312 Å². The minimum Gasteiger partial charge on any atom is -0.143 e. The van der Waals surface area contributed by atoms with Crippen molar-refractivity contribution in [2.24, 2.45) is 0 Å². The maximum atomic E-state index is 3.65. The zero-order valence-electron chi connectivity index (χ0n) is 90.1. The van der Waals surface area contributed by atoms with E-state index in [2.05, 4.69) is 281 Å². The zero-order valence-corrected chi connectivity index (χ0v) is 103. The van der Waals surface area contributed by atoms with Crippen LogP contribution in [0.3, 0.4) is 0 Å². The molecule has 0 aliphatic rings. The van der Waals surface area contributed by atoms with E-state index in [1.165, 1.54) is 480 Å². The highest BCUT2D eigenvalue weighted by Gasteiger charge is 2.27. The van der Waals surface area contributed by atoms with Crippen LogP contribution >= 0.6 is 181 Å². The number of hydrogen-bond donors (Lipinski definition) is 0. The predicted octanol–water partition coefficient (Wildman–Crippen LogP) is 50.6. The second kappa shape index (κ2) is 62.9. The summed E-state index contributed by atoms with van der Waals surface area (Å²) in [6.07, 6.45) is 72.0. The Bertz CT molecular complexity index is 6290. The Morgan fingerprint density at radius 2 is 0.304 bits per heavy atom. The average molecular weight is 2260 g/mol. The number of rotatable bonds is 70. The van der Waals surface area contributed by atoms with Crippen LogP contribution in [0.5, 0.6) is 0 Å². The molecule has 16 heteroatoms. The second-order valence-electron chi connectivity index (χ2n) is 41.3. The molecule has 0 aliphatic heterocycles. The standard InChI is InChI=1S/C132H162S16/c1-9-17-25-33-41-49-59-95-85-87-133-125(95)113-77-69-105(137-113)107-73-81-117(141-107)129-99(63-53-45-37-29-21-13-5)91-121(145-129)123-93-101(65-55-47-39-31-23-15-7)131(147-123)119-83-75-111(143-119)109-71-79-115(139-109)127-97(61-51-43-35-27-19-11-3)89-103(135-127)67-57-58-68-104-90-98(62-52-44-36-28-20-12-4)128(136-104)116-80-72-110(140-116)112-76-84-120(144-112)132-102(66-56-48-40-32-24-16-8)94-124(148-132)122-92-100(64-54-46-38-30-22-14-6)130(146-122)118-82-74-108(142-118)106-70-78-114(138-106)126-96(86-88-134-126)60-50-42-34-26-18-10-2/h69-94H,9-56,59-66H2,1-8H3. The first-order valence-electron chi connectivity index (χ1n) is 57.8. The van der Waals surface area contributed by atoms with E-state index in [1.807, 2.05) is 136 Å². The van der Waals surface area contributed by atoms with Crippen LogP contribution in [0.15, 0.2) is 156 Å². The fraction of sp³-hybridized carbons (Fsp3) is 0.485. The molecule has 16 rings (SSSR count). The Morgan fingerprint density at radius 1 is 0.142 bits per heavy atom. The number of hydrogen-bond acceptors (Lipinski definition) is 16. The van der Waals surface area contributed by atoms with E-state index in [0.29, 0.717) is 0 Å². The van der Waals surface area contributed by atoms with E-state index < -0.39 is 0 Å². The summed E-state index contributed by atoms with van der Waals surface area (Å²) in [5.74, 6) is 14.2. The van der Waals surface area contributed by atoms with Crippen molar-refractivity contribution in [1.82, 2.24) is 0 Å². The zero-order chi connectivity index (χ0) is 102. The first kappa shape index (κ1) is 115. The van der Waals surface area contributed by atoms with Crippen molar-refractivity contribution < 1.29 is 0 Å². The Balaban J connectivity index is 0.634. The summed E-state index contributed by atoms with van der Waals surface area (Å²) in [5, 5.41) is 4.65.